The molecule has 0 aliphatic heterocycles. The van der Waals surface area contributed by atoms with Gasteiger partial charge in [-0.15, -0.1) is 11.3 Å². The van der Waals surface area contributed by atoms with Crippen LogP contribution in [0.5, 0.6) is 0 Å². The summed E-state index contributed by atoms with van der Waals surface area (Å²) < 4.78 is 26.1. The summed E-state index contributed by atoms with van der Waals surface area (Å²) in [5, 5.41) is 9.47. The summed E-state index contributed by atoms with van der Waals surface area (Å²) in [6.07, 6.45) is 3.10. The van der Waals surface area contributed by atoms with Gasteiger partial charge in [0.05, 0.1) is 18.9 Å². The number of sulfonamides is 1. The monoisotopic (exact) mass is 258 g/mol. The highest BCUT2D eigenvalue weighted by atomic mass is 32.2. The molecule has 8 heteroatoms. The average Bonchev–Trinajstić information content (AvgIpc) is 2.90. The molecule has 0 fully saturated rings. The van der Waals surface area contributed by atoms with E-state index in [0.717, 1.165) is 0 Å². The zero-order chi connectivity index (χ0) is 11.4. The predicted molar refractivity (Wildman–Crippen MR) is 59.5 cm³/mol. The summed E-state index contributed by atoms with van der Waals surface area (Å²) in [5.74, 6) is 0. The number of hydrogen-bond donors (Lipinski definition) is 1. The number of nitrogens with one attached hydrogen (secondary N) is 1. The van der Waals surface area contributed by atoms with Gasteiger partial charge < -0.3 is 0 Å². The SMILES string of the molecule is O=S(=O)(NCCn1nccn1)c1cccs1. The molecule has 0 aliphatic rings. The molecule has 0 spiro atoms. The van der Waals surface area contributed by atoms with Crippen molar-refractivity contribution in [3.63, 3.8) is 0 Å². The van der Waals surface area contributed by atoms with Crippen molar-refractivity contribution in [2.75, 3.05) is 6.54 Å². The standard InChI is InChI=1S/C8H10N4O2S2/c13-16(14,8-2-1-7-15-8)11-5-6-12-9-3-4-10-12/h1-4,7,11H,5-6H2. The second kappa shape index (κ2) is 4.73. The van der Waals surface area contributed by atoms with Crippen molar-refractivity contribution in [1.29, 1.82) is 0 Å². The third-order valence-electron chi connectivity index (χ3n) is 1.83. The quantitative estimate of drug-likeness (QED) is 0.837. The third kappa shape index (κ3) is 2.65. The molecule has 16 heavy (non-hydrogen) atoms. The van der Waals surface area contributed by atoms with Crippen LogP contribution in [0.2, 0.25) is 0 Å². The Kier molecular flexibility index (Phi) is 3.32. The minimum atomic E-state index is -3.37. The Labute approximate surface area is 97.0 Å². The van der Waals surface area contributed by atoms with Crippen molar-refractivity contribution in [2.24, 2.45) is 0 Å². The van der Waals surface area contributed by atoms with Crippen molar-refractivity contribution in [3.05, 3.63) is 29.9 Å². The van der Waals surface area contributed by atoms with Gasteiger partial charge in [0, 0.05) is 6.54 Å². The van der Waals surface area contributed by atoms with E-state index in [0.29, 0.717) is 10.8 Å². The smallest absolute Gasteiger partial charge is 0.209 e. The zero-order valence-electron chi connectivity index (χ0n) is 8.28. The minimum Gasteiger partial charge on any atom is -0.209 e. The Morgan fingerprint density at radius 2 is 2.12 bits per heavy atom. The largest absolute Gasteiger partial charge is 0.250 e. The molecule has 0 unspecified atom stereocenters. The fourth-order valence-electron chi connectivity index (χ4n) is 1.13. The van der Waals surface area contributed by atoms with Gasteiger partial charge in [0.25, 0.3) is 0 Å². The number of aromatic nitrogens is 3. The number of hydrogen-bond acceptors (Lipinski definition) is 5. The normalized spacial score (nSPS) is 11.8. The Morgan fingerprint density at radius 1 is 1.38 bits per heavy atom. The van der Waals surface area contributed by atoms with Gasteiger partial charge in [-0.05, 0) is 11.4 Å². The first-order chi connectivity index (χ1) is 7.68. The fraction of sp³-hybridized carbons (Fsp3) is 0.250. The summed E-state index contributed by atoms with van der Waals surface area (Å²) in [6.45, 7) is 0.687. The van der Waals surface area contributed by atoms with Crippen LogP contribution in [-0.4, -0.2) is 30.0 Å². The molecule has 0 radical (unpaired) electrons. The van der Waals surface area contributed by atoms with Crippen molar-refractivity contribution >= 4 is 21.4 Å². The molecule has 2 aromatic heterocycles. The number of nitrogens with zero attached hydrogens (tertiary/aromatic N) is 3. The lowest BCUT2D eigenvalue weighted by Gasteiger charge is -2.03. The third-order valence-corrected chi connectivity index (χ3v) is 4.69. The maximum atomic E-state index is 11.7. The fourth-order valence-corrected chi connectivity index (χ4v) is 3.18. The Bertz CT molecular complexity index is 518. The molecule has 6 nitrogen and oxygen atoms in total. The van der Waals surface area contributed by atoms with E-state index in [9.17, 15) is 8.42 Å². The second-order valence-corrected chi connectivity index (χ2v) is 5.90. The van der Waals surface area contributed by atoms with E-state index in [4.69, 9.17) is 0 Å². The van der Waals surface area contributed by atoms with Crippen LogP contribution >= 0.6 is 11.3 Å². The highest BCUT2D eigenvalue weighted by Gasteiger charge is 2.13. The molecule has 1 N–H and O–H groups in total. The van der Waals surface area contributed by atoms with E-state index in [1.54, 1.807) is 29.9 Å². The van der Waals surface area contributed by atoms with Crippen LogP contribution in [0.1, 0.15) is 0 Å². The van der Waals surface area contributed by atoms with Crippen LogP contribution < -0.4 is 4.72 Å². The van der Waals surface area contributed by atoms with Crippen LogP contribution in [0.4, 0.5) is 0 Å². The van der Waals surface area contributed by atoms with Crippen molar-refractivity contribution in [3.8, 4) is 0 Å². The predicted octanol–water partition coefficient (Wildman–Crippen LogP) is 0.318. The van der Waals surface area contributed by atoms with Crippen molar-refractivity contribution in [2.45, 2.75) is 10.8 Å². The van der Waals surface area contributed by atoms with Gasteiger partial charge in [0.1, 0.15) is 4.21 Å². The lowest BCUT2D eigenvalue weighted by atomic mass is 10.7. The first kappa shape index (κ1) is 11.2. The molecule has 86 valence electrons. The topological polar surface area (TPSA) is 76.9 Å². The maximum absolute atomic E-state index is 11.7. The highest BCUT2D eigenvalue weighted by molar-refractivity contribution is 7.91. The van der Waals surface area contributed by atoms with Gasteiger partial charge >= 0.3 is 0 Å². The second-order valence-electron chi connectivity index (χ2n) is 2.95. The van der Waals surface area contributed by atoms with Gasteiger partial charge in [-0.1, -0.05) is 6.07 Å². The zero-order valence-corrected chi connectivity index (χ0v) is 9.91. The van der Waals surface area contributed by atoms with Crippen molar-refractivity contribution < 1.29 is 8.42 Å². The number of rotatable bonds is 5. The van der Waals surface area contributed by atoms with Crippen LogP contribution in [0.3, 0.4) is 0 Å². The van der Waals surface area contributed by atoms with E-state index in [-0.39, 0.29) is 6.54 Å². The van der Waals surface area contributed by atoms with E-state index in [1.807, 2.05) is 0 Å². The summed E-state index contributed by atoms with van der Waals surface area (Å²) in [7, 11) is -3.37. The van der Waals surface area contributed by atoms with Gasteiger partial charge in [-0.3, -0.25) is 0 Å². The summed E-state index contributed by atoms with van der Waals surface area (Å²) in [5.41, 5.74) is 0. The van der Waals surface area contributed by atoms with Gasteiger partial charge in [0.15, 0.2) is 0 Å². The van der Waals surface area contributed by atoms with Crippen LogP contribution in [0.25, 0.3) is 0 Å². The molecular weight excluding hydrogens is 248 g/mol. The van der Waals surface area contributed by atoms with Crippen molar-refractivity contribution in [1.82, 2.24) is 19.7 Å². The van der Waals surface area contributed by atoms with Gasteiger partial charge in [-0.25, -0.2) is 13.1 Å². The Balaban J connectivity index is 1.91. The molecule has 0 saturated heterocycles. The Hall–Kier alpha value is -1.25. The van der Waals surface area contributed by atoms with E-state index in [2.05, 4.69) is 14.9 Å². The Morgan fingerprint density at radius 3 is 2.75 bits per heavy atom. The average molecular weight is 258 g/mol. The molecule has 2 aromatic rings. The highest BCUT2D eigenvalue weighted by Crippen LogP contribution is 2.14. The maximum Gasteiger partial charge on any atom is 0.250 e. The summed E-state index contributed by atoms with van der Waals surface area (Å²) in [4.78, 5) is 1.43. The molecule has 0 saturated carbocycles. The molecule has 0 amide bonds. The first-order valence-electron chi connectivity index (χ1n) is 4.56. The molecule has 0 aromatic carbocycles. The van der Waals surface area contributed by atoms with Crippen LogP contribution in [0.15, 0.2) is 34.1 Å². The lowest BCUT2D eigenvalue weighted by Crippen LogP contribution is -2.27. The van der Waals surface area contributed by atoms with E-state index >= 15 is 0 Å². The lowest BCUT2D eigenvalue weighted by molar-refractivity contribution is 0.522. The van der Waals surface area contributed by atoms with E-state index in [1.165, 1.54) is 16.1 Å². The van der Waals surface area contributed by atoms with E-state index < -0.39 is 10.0 Å². The molecule has 0 aliphatic carbocycles. The minimum absolute atomic E-state index is 0.273. The van der Waals surface area contributed by atoms with Gasteiger partial charge in [-0.2, -0.15) is 15.0 Å². The summed E-state index contributed by atoms with van der Waals surface area (Å²) in [6, 6.07) is 3.27. The first-order valence-corrected chi connectivity index (χ1v) is 6.92. The molecule has 0 bridgehead atoms. The molecule has 2 heterocycles. The molecule has 0 atom stereocenters. The van der Waals surface area contributed by atoms with Crippen LogP contribution in [0, 0.1) is 0 Å². The molecular formula is C8H10N4O2S2. The number of thiophene rings is 1. The molecule has 2 rings (SSSR count). The van der Waals surface area contributed by atoms with Gasteiger partial charge in [0.2, 0.25) is 10.0 Å². The van der Waals surface area contributed by atoms with Crippen LogP contribution in [-0.2, 0) is 16.6 Å². The summed E-state index contributed by atoms with van der Waals surface area (Å²) >= 11 is 1.19.